The summed E-state index contributed by atoms with van der Waals surface area (Å²) in [5.74, 6) is 0.870. The molecule has 4 nitrogen and oxygen atoms in total. The number of ether oxygens (including phenoxy) is 1. The molecule has 1 aliphatic heterocycles. The maximum atomic E-state index is 14.5. The molecule has 3 aliphatic rings. The summed E-state index contributed by atoms with van der Waals surface area (Å²) in [4.78, 5) is 22.9. The lowest BCUT2D eigenvalue weighted by Crippen LogP contribution is -2.53. The number of hydrogen-bond acceptors (Lipinski definition) is 4. The van der Waals surface area contributed by atoms with E-state index >= 15 is 0 Å². The zero-order valence-electron chi connectivity index (χ0n) is 19.8. The number of benzene rings is 1. The maximum absolute atomic E-state index is 14.5. The number of thiophene rings is 1. The quantitative estimate of drug-likeness (QED) is 0.443. The van der Waals surface area contributed by atoms with Crippen molar-refractivity contribution in [1.82, 2.24) is 4.90 Å². The summed E-state index contributed by atoms with van der Waals surface area (Å²) >= 11 is 5.30. The molecule has 1 aromatic heterocycles. The first-order chi connectivity index (χ1) is 15.7. The van der Waals surface area contributed by atoms with Crippen LogP contribution in [0.15, 0.2) is 51.3 Å². The molecule has 0 radical (unpaired) electrons. The van der Waals surface area contributed by atoms with Crippen LogP contribution in [0.1, 0.15) is 57.6 Å². The van der Waals surface area contributed by atoms with Gasteiger partial charge in [0.25, 0.3) is 5.91 Å². The predicted molar refractivity (Wildman–Crippen MR) is 139 cm³/mol. The molecule has 0 bridgehead atoms. The van der Waals surface area contributed by atoms with Gasteiger partial charge in [-0.05, 0) is 103 Å². The molecule has 174 valence electrons. The SMILES string of the molecule is C=C(C)C1=NC2(C(=O)N1C(C)C)c1cc(-c3cc(Br)cs3)ccc1CC21CCC(OC)CC1. The molecule has 2 aliphatic carbocycles. The third-order valence-corrected chi connectivity index (χ3v) is 9.54. The summed E-state index contributed by atoms with van der Waals surface area (Å²) in [6, 6.07) is 8.85. The second-order valence-corrected chi connectivity index (χ2v) is 11.9. The molecule has 0 saturated heterocycles. The standard InChI is InChI=1S/C27H31BrN2O2S/c1-16(2)24-29-27(25(31)30(24)17(3)4)22-12-18(23-13-20(28)15-33-23)6-7-19(22)14-26(27)10-8-21(32-5)9-11-26/h6-7,12-13,15,17,21H,1,8-11,14H2,2-5H3. The minimum absolute atomic E-state index is 0.0279. The van der Waals surface area contributed by atoms with Gasteiger partial charge in [0.2, 0.25) is 0 Å². The van der Waals surface area contributed by atoms with Crippen LogP contribution in [0.25, 0.3) is 10.4 Å². The lowest BCUT2D eigenvalue weighted by atomic mass is 9.61. The Bertz CT molecular complexity index is 1160. The van der Waals surface area contributed by atoms with Gasteiger partial charge in [-0.3, -0.25) is 9.69 Å². The van der Waals surface area contributed by atoms with Crippen molar-refractivity contribution in [2.45, 2.75) is 70.6 Å². The summed E-state index contributed by atoms with van der Waals surface area (Å²) in [6.07, 6.45) is 4.94. The highest BCUT2D eigenvalue weighted by Gasteiger charge is 2.67. The minimum atomic E-state index is -0.885. The number of fused-ring (bicyclic) bond motifs is 3. The van der Waals surface area contributed by atoms with Crippen LogP contribution >= 0.6 is 27.3 Å². The second-order valence-electron chi connectivity index (χ2n) is 10.1. The molecule has 5 rings (SSSR count). The van der Waals surface area contributed by atoms with Gasteiger partial charge in [-0.15, -0.1) is 11.3 Å². The summed E-state index contributed by atoms with van der Waals surface area (Å²) in [5, 5.41) is 2.10. The summed E-state index contributed by atoms with van der Waals surface area (Å²) < 4.78 is 6.78. The van der Waals surface area contributed by atoms with Crippen LogP contribution in [0.2, 0.25) is 0 Å². The number of rotatable bonds is 4. The maximum Gasteiger partial charge on any atom is 0.261 e. The van der Waals surface area contributed by atoms with E-state index in [2.05, 4.69) is 66.0 Å². The van der Waals surface area contributed by atoms with Gasteiger partial charge < -0.3 is 4.74 Å². The molecule has 1 fully saturated rings. The highest BCUT2D eigenvalue weighted by Crippen LogP contribution is 2.62. The molecule has 2 aromatic rings. The zero-order valence-corrected chi connectivity index (χ0v) is 22.2. The van der Waals surface area contributed by atoms with Crippen LogP contribution in [0.4, 0.5) is 0 Å². The molecular weight excluding hydrogens is 496 g/mol. The van der Waals surface area contributed by atoms with Crippen molar-refractivity contribution in [3.05, 3.63) is 57.4 Å². The van der Waals surface area contributed by atoms with Crippen molar-refractivity contribution in [3.63, 3.8) is 0 Å². The zero-order chi connectivity index (χ0) is 23.5. The Kier molecular flexibility index (Phi) is 5.70. The number of aliphatic imine (C=N–C) groups is 1. The molecule has 2 spiro atoms. The number of nitrogens with zero attached hydrogens (tertiary/aromatic N) is 2. The monoisotopic (exact) mass is 526 g/mol. The fourth-order valence-electron chi connectivity index (χ4n) is 6.21. The van der Waals surface area contributed by atoms with Crippen molar-refractivity contribution in [3.8, 4) is 10.4 Å². The molecule has 1 unspecified atom stereocenters. The fraction of sp³-hybridized carbons (Fsp3) is 0.481. The van der Waals surface area contributed by atoms with Gasteiger partial charge in [0.05, 0.1) is 6.10 Å². The van der Waals surface area contributed by atoms with Gasteiger partial charge >= 0.3 is 0 Å². The molecule has 1 amide bonds. The van der Waals surface area contributed by atoms with Crippen LogP contribution in [0.5, 0.6) is 0 Å². The minimum Gasteiger partial charge on any atom is -0.381 e. The average molecular weight is 528 g/mol. The number of hydrogen-bond donors (Lipinski definition) is 0. The van der Waals surface area contributed by atoms with Crippen molar-refractivity contribution >= 4 is 39.0 Å². The summed E-state index contributed by atoms with van der Waals surface area (Å²) in [5.41, 5.74) is 3.24. The molecular formula is C27H31BrN2O2S. The van der Waals surface area contributed by atoms with Crippen LogP contribution in [0, 0.1) is 5.41 Å². The average Bonchev–Trinajstić information content (AvgIpc) is 3.43. The third-order valence-electron chi connectivity index (χ3n) is 7.80. The Hall–Kier alpha value is -1.76. The first-order valence-corrected chi connectivity index (χ1v) is 13.4. The first-order valence-electron chi connectivity index (χ1n) is 11.7. The van der Waals surface area contributed by atoms with E-state index in [1.54, 1.807) is 18.4 Å². The van der Waals surface area contributed by atoms with Crippen molar-refractivity contribution < 1.29 is 9.53 Å². The first kappa shape index (κ1) is 23.0. The Morgan fingerprint density at radius 3 is 2.58 bits per heavy atom. The summed E-state index contributed by atoms with van der Waals surface area (Å²) in [6.45, 7) is 10.3. The number of halogens is 1. The topological polar surface area (TPSA) is 41.9 Å². The van der Waals surface area contributed by atoms with E-state index in [9.17, 15) is 4.79 Å². The molecule has 6 heteroatoms. The van der Waals surface area contributed by atoms with Gasteiger partial charge in [-0.2, -0.15) is 0 Å². The van der Waals surface area contributed by atoms with Crippen molar-refractivity contribution in [1.29, 1.82) is 0 Å². The summed E-state index contributed by atoms with van der Waals surface area (Å²) in [7, 11) is 1.80. The molecule has 0 N–H and O–H groups in total. The largest absolute Gasteiger partial charge is 0.381 e. The molecule has 1 saturated carbocycles. The predicted octanol–water partition coefficient (Wildman–Crippen LogP) is 6.73. The van der Waals surface area contributed by atoms with Crippen LogP contribution in [-0.2, 0) is 21.5 Å². The van der Waals surface area contributed by atoms with Crippen molar-refractivity contribution in [2.75, 3.05) is 7.11 Å². The number of amides is 1. The van der Waals surface area contributed by atoms with Crippen LogP contribution in [0.3, 0.4) is 0 Å². The lowest BCUT2D eigenvalue weighted by Gasteiger charge is -2.45. The molecule has 1 aromatic carbocycles. The Balaban J connectivity index is 1.72. The van der Waals surface area contributed by atoms with Gasteiger partial charge in [-0.25, -0.2) is 4.99 Å². The van der Waals surface area contributed by atoms with E-state index < -0.39 is 5.54 Å². The normalized spacial score (nSPS) is 28.8. The van der Waals surface area contributed by atoms with E-state index in [1.807, 2.05) is 11.8 Å². The second kappa shape index (κ2) is 8.17. The number of methoxy groups -OCH3 is 1. The molecule has 2 heterocycles. The number of carbonyl (C=O) groups is 1. The van der Waals surface area contributed by atoms with Crippen molar-refractivity contribution in [2.24, 2.45) is 10.4 Å². The fourth-order valence-corrected chi connectivity index (χ4v) is 7.64. The smallest absolute Gasteiger partial charge is 0.261 e. The Morgan fingerprint density at radius 1 is 1.30 bits per heavy atom. The van der Waals surface area contributed by atoms with Crippen LogP contribution in [-0.4, -0.2) is 35.9 Å². The Morgan fingerprint density at radius 2 is 2.03 bits per heavy atom. The third kappa shape index (κ3) is 3.32. The van der Waals surface area contributed by atoms with Gasteiger partial charge in [0.15, 0.2) is 5.54 Å². The molecule has 33 heavy (non-hydrogen) atoms. The number of amidine groups is 1. The van der Waals surface area contributed by atoms with Gasteiger partial charge in [-0.1, -0.05) is 18.7 Å². The molecule has 1 atom stereocenters. The van der Waals surface area contributed by atoms with E-state index in [-0.39, 0.29) is 23.5 Å². The van der Waals surface area contributed by atoms with Crippen LogP contribution < -0.4 is 0 Å². The Labute approximate surface area is 208 Å². The van der Waals surface area contributed by atoms with E-state index in [4.69, 9.17) is 9.73 Å². The van der Waals surface area contributed by atoms with E-state index in [0.717, 1.165) is 59.1 Å². The van der Waals surface area contributed by atoms with Gasteiger partial charge in [0.1, 0.15) is 5.84 Å². The highest BCUT2D eigenvalue weighted by atomic mass is 79.9. The van der Waals surface area contributed by atoms with E-state index in [1.165, 1.54) is 10.4 Å². The number of carbonyl (C=O) groups excluding carboxylic acids is 1. The lowest BCUT2D eigenvalue weighted by molar-refractivity contribution is -0.139. The highest BCUT2D eigenvalue weighted by molar-refractivity contribution is 9.10. The van der Waals surface area contributed by atoms with Gasteiger partial charge in [0, 0.05) is 33.3 Å². The van der Waals surface area contributed by atoms with E-state index in [0.29, 0.717) is 0 Å².